The molecule has 2 aromatic carbocycles. The molecular formula is C34H45FN4O2. The molecule has 2 aliphatic heterocycles. The van der Waals surface area contributed by atoms with Crippen LogP contribution in [0.4, 0.5) is 4.39 Å². The average Bonchev–Trinajstić information content (AvgIpc) is 3.58. The van der Waals surface area contributed by atoms with Crippen molar-refractivity contribution in [3.63, 3.8) is 0 Å². The average molecular weight is 561 g/mol. The number of likely N-dealkylation sites (tertiary alicyclic amines) is 2. The zero-order valence-corrected chi connectivity index (χ0v) is 24.2. The molecule has 0 spiro atoms. The lowest BCUT2D eigenvalue weighted by molar-refractivity contribution is -0.145. The zero-order chi connectivity index (χ0) is 28.2. The quantitative estimate of drug-likeness (QED) is 0.310. The monoisotopic (exact) mass is 560 g/mol. The largest absolute Gasteiger partial charge is 0.480 e. The van der Waals surface area contributed by atoms with E-state index in [0.29, 0.717) is 11.8 Å². The van der Waals surface area contributed by atoms with Gasteiger partial charge in [-0.25, -0.2) is 9.37 Å². The first-order valence-corrected chi connectivity index (χ1v) is 15.9. The molecule has 3 aromatic rings. The summed E-state index contributed by atoms with van der Waals surface area (Å²) >= 11 is 0. The van der Waals surface area contributed by atoms with E-state index in [9.17, 15) is 14.3 Å². The van der Waals surface area contributed by atoms with Crippen LogP contribution in [0.15, 0.2) is 54.9 Å². The Bertz CT molecular complexity index is 1280. The van der Waals surface area contributed by atoms with Crippen molar-refractivity contribution in [1.82, 2.24) is 19.4 Å². The minimum atomic E-state index is -0.624. The van der Waals surface area contributed by atoms with Crippen LogP contribution in [0.3, 0.4) is 0 Å². The van der Waals surface area contributed by atoms with Crippen molar-refractivity contribution < 1.29 is 14.3 Å². The number of hydrogen-bond donors (Lipinski definition) is 1. The molecule has 1 aromatic heterocycles. The fourth-order valence-electron chi connectivity index (χ4n) is 8.06. The predicted octanol–water partition coefficient (Wildman–Crippen LogP) is 6.42. The highest BCUT2D eigenvalue weighted by atomic mass is 19.1. The van der Waals surface area contributed by atoms with Gasteiger partial charge in [0.1, 0.15) is 11.9 Å². The van der Waals surface area contributed by atoms with Crippen molar-refractivity contribution in [2.24, 2.45) is 17.8 Å². The van der Waals surface area contributed by atoms with Gasteiger partial charge < -0.3 is 14.6 Å². The molecule has 6 rings (SSSR count). The van der Waals surface area contributed by atoms with Gasteiger partial charge in [-0.15, -0.1) is 0 Å². The Kier molecular flexibility index (Phi) is 9.01. The summed E-state index contributed by atoms with van der Waals surface area (Å²) in [6.45, 7) is 5.97. The first-order valence-electron chi connectivity index (χ1n) is 15.9. The van der Waals surface area contributed by atoms with Crippen LogP contribution < -0.4 is 0 Å². The number of fused-ring (bicyclic) bond motifs is 1. The van der Waals surface area contributed by atoms with Gasteiger partial charge in [0.25, 0.3) is 0 Å². The highest BCUT2D eigenvalue weighted by Crippen LogP contribution is 2.39. The van der Waals surface area contributed by atoms with Gasteiger partial charge in [-0.3, -0.25) is 9.69 Å². The number of carboxylic acid groups (broad SMARTS) is 1. The minimum Gasteiger partial charge on any atom is -0.480 e. The summed E-state index contributed by atoms with van der Waals surface area (Å²) in [7, 11) is 0. The van der Waals surface area contributed by atoms with Gasteiger partial charge in [0.2, 0.25) is 0 Å². The smallest absolute Gasteiger partial charge is 0.321 e. The minimum absolute atomic E-state index is 0.235. The van der Waals surface area contributed by atoms with Gasteiger partial charge in [0.05, 0.1) is 17.4 Å². The molecule has 3 fully saturated rings. The summed E-state index contributed by atoms with van der Waals surface area (Å²) in [5.41, 5.74) is 3.09. The number of aliphatic carboxylic acids is 1. The van der Waals surface area contributed by atoms with Gasteiger partial charge in [-0.1, -0.05) is 49.6 Å². The number of piperidine rings is 1. The highest BCUT2D eigenvalue weighted by Gasteiger charge is 2.43. The Balaban J connectivity index is 1.03. The molecule has 3 heterocycles. The number of halogens is 1. The molecule has 7 heteroatoms. The van der Waals surface area contributed by atoms with E-state index >= 15 is 0 Å². The van der Waals surface area contributed by atoms with Crippen molar-refractivity contribution in [2.45, 2.75) is 76.3 Å². The highest BCUT2D eigenvalue weighted by molar-refractivity contribution is 5.75. The van der Waals surface area contributed by atoms with Crippen LogP contribution in [0.25, 0.3) is 11.0 Å². The number of imidazole rings is 1. The Labute approximate surface area is 243 Å². The number of aromatic nitrogens is 2. The first-order chi connectivity index (χ1) is 20.0. The molecule has 1 saturated carbocycles. The summed E-state index contributed by atoms with van der Waals surface area (Å²) in [5.74, 6) is 1.01. The summed E-state index contributed by atoms with van der Waals surface area (Å²) in [6.07, 6.45) is 12.3. The number of hydrogen-bond acceptors (Lipinski definition) is 4. The fraction of sp³-hybridized carbons (Fsp3) is 0.588. The van der Waals surface area contributed by atoms with Crippen molar-refractivity contribution >= 4 is 17.0 Å². The van der Waals surface area contributed by atoms with E-state index in [1.54, 1.807) is 0 Å². The maximum atomic E-state index is 13.5. The zero-order valence-electron chi connectivity index (χ0n) is 24.2. The normalized spacial score (nSPS) is 24.2. The molecule has 1 N–H and O–H groups in total. The third-order valence-corrected chi connectivity index (χ3v) is 10.2. The molecular weight excluding hydrogens is 515 g/mol. The maximum Gasteiger partial charge on any atom is 0.321 e. The van der Waals surface area contributed by atoms with Crippen molar-refractivity contribution in [2.75, 3.05) is 32.7 Å². The predicted molar refractivity (Wildman–Crippen MR) is 160 cm³/mol. The maximum absolute atomic E-state index is 13.5. The van der Waals surface area contributed by atoms with E-state index in [-0.39, 0.29) is 17.8 Å². The van der Waals surface area contributed by atoms with Gasteiger partial charge in [-0.2, -0.15) is 0 Å². The Morgan fingerprint density at radius 3 is 2.54 bits per heavy atom. The third-order valence-electron chi connectivity index (χ3n) is 10.2. The summed E-state index contributed by atoms with van der Waals surface area (Å²) in [4.78, 5) is 21.9. The van der Waals surface area contributed by atoms with Gasteiger partial charge >= 0.3 is 5.97 Å². The lowest BCUT2D eigenvalue weighted by Crippen LogP contribution is -2.46. The second kappa shape index (κ2) is 13.0. The van der Waals surface area contributed by atoms with Crippen LogP contribution in [0.1, 0.15) is 69.3 Å². The molecule has 6 nitrogen and oxygen atoms in total. The molecule has 0 radical (unpaired) electrons. The van der Waals surface area contributed by atoms with Crippen LogP contribution in [0, 0.1) is 23.6 Å². The van der Waals surface area contributed by atoms with Crippen molar-refractivity contribution in [1.29, 1.82) is 0 Å². The van der Waals surface area contributed by atoms with Crippen LogP contribution >= 0.6 is 0 Å². The summed E-state index contributed by atoms with van der Waals surface area (Å²) in [5, 5.41) is 10.3. The molecule has 0 amide bonds. The molecule has 0 bridgehead atoms. The first kappa shape index (κ1) is 28.4. The number of carboxylic acids is 1. The third kappa shape index (κ3) is 6.67. The van der Waals surface area contributed by atoms with E-state index in [1.165, 1.54) is 56.2 Å². The van der Waals surface area contributed by atoms with Crippen LogP contribution in [0.2, 0.25) is 0 Å². The molecule has 3 unspecified atom stereocenters. The number of benzene rings is 2. The number of aryl methyl sites for hydroxylation is 1. The van der Waals surface area contributed by atoms with E-state index < -0.39 is 5.97 Å². The Morgan fingerprint density at radius 1 is 1.00 bits per heavy atom. The summed E-state index contributed by atoms with van der Waals surface area (Å²) < 4.78 is 15.6. The number of carbonyl (C=O) groups is 1. The van der Waals surface area contributed by atoms with Crippen molar-refractivity contribution in [3.8, 4) is 0 Å². The van der Waals surface area contributed by atoms with Crippen molar-refractivity contribution in [3.05, 3.63) is 66.2 Å². The Morgan fingerprint density at radius 2 is 1.78 bits per heavy atom. The van der Waals surface area contributed by atoms with Gasteiger partial charge in [0.15, 0.2) is 0 Å². The Hall–Kier alpha value is -2.77. The van der Waals surface area contributed by atoms with E-state index in [2.05, 4.69) is 49.7 Å². The molecule has 3 atom stereocenters. The summed E-state index contributed by atoms with van der Waals surface area (Å²) in [6, 6.07) is 15.3. The lowest BCUT2D eigenvalue weighted by atomic mass is 9.83. The van der Waals surface area contributed by atoms with E-state index in [1.807, 2.05) is 12.4 Å². The number of rotatable bonds is 10. The molecule has 3 aliphatic rings. The van der Waals surface area contributed by atoms with Crippen LogP contribution in [-0.2, 0) is 11.3 Å². The number of nitrogens with zero attached hydrogens (tertiary/aromatic N) is 4. The van der Waals surface area contributed by atoms with Gasteiger partial charge in [-0.05, 0) is 87.1 Å². The second-order valence-electron chi connectivity index (χ2n) is 12.9. The topological polar surface area (TPSA) is 61.6 Å². The van der Waals surface area contributed by atoms with E-state index in [0.717, 1.165) is 75.5 Å². The molecule has 1 aliphatic carbocycles. The second-order valence-corrected chi connectivity index (χ2v) is 12.9. The molecule has 41 heavy (non-hydrogen) atoms. The van der Waals surface area contributed by atoms with Gasteiger partial charge in [0, 0.05) is 38.2 Å². The molecule has 2 saturated heterocycles. The fourth-order valence-corrected chi connectivity index (χ4v) is 8.06. The molecule has 220 valence electrons. The lowest BCUT2D eigenvalue weighted by Gasteiger charge is -2.35. The standard InChI is InChI=1S/C34H45FN4O2/c35-29-13-14-32-31(20-29)36-24-38(32)17-7-8-25-15-18-37(19-16-25)21-28-22-39(23-30(28)26-9-3-1-4-10-26)33(34(40)41)27-11-5-2-6-12-27/h1,3-4,9-10,13-14,20,24-25,27-28,30,33H,2,5-8,11-12,15-19,21-23H2,(H,40,41). The van der Waals surface area contributed by atoms with E-state index in [4.69, 9.17) is 0 Å². The SMILES string of the molecule is O=C(O)C(C1CCCCC1)N1CC(CN2CCC(CCCn3cnc4cc(F)ccc43)CC2)C(c2ccccc2)C1. The van der Waals surface area contributed by atoms with Crippen LogP contribution in [-0.4, -0.2) is 69.2 Å². The van der Waals surface area contributed by atoms with Crippen LogP contribution in [0.5, 0.6) is 0 Å².